The second-order valence-electron chi connectivity index (χ2n) is 5.06. The van der Waals surface area contributed by atoms with Crippen LogP contribution >= 0.6 is 0 Å². The van der Waals surface area contributed by atoms with Crippen LogP contribution in [-0.2, 0) is 16.6 Å². The van der Waals surface area contributed by atoms with Gasteiger partial charge in [0.05, 0.1) is 10.6 Å². The highest BCUT2D eigenvalue weighted by molar-refractivity contribution is 7.92. The quantitative estimate of drug-likeness (QED) is 0.893. The molecule has 0 fully saturated rings. The summed E-state index contributed by atoms with van der Waals surface area (Å²) in [6, 6.07) is 12.7. The number of nitrogens with one attached hydrogen (secondary N) is 2. The van der Waals surface area contributed by atoms with Crippen molar-refractivity contribution in [3.05, 3.63) is 59.2 Å². The van der Waals surface area contributed by atoms with Gasteiger partial charge in [-0.2, -0.15) is 0 Å². The number of benzene rings is 2. The fourth-order valence-corrected chi connectivity index (χ4v) is 3.51. The molecule has 21 heavy (non-hydrogen) atoms. The zero-order valence-corrected chi connectivity index (χ0v) is 13.3. The Morgan fingerprint density at radius 3 is 2.48 bits per heavy atom. The van der Waals surface area contributed by atoms with Crippen LogP contribution in [0.2, 0.25) is 0 Å². The fourth-order valence-electron chi connectivity index (χ4n) is 2.15. The van der Waals surface area contributed by atoms with E-state index >= 15 is 0 Å². The molecule has 0 spiro atoms. The molecule has 2 aromatic carbocycles. The molecule has 0 saturated carbocycles. The minimum Gasteiger partial charge on any atom is -0.316 e. The van der Waals surface area contributed by atoms with E-state index in [1.807, 2.05) is 44.2 Å². The van der Waals surface area contributed by atoms with Crippen molar-refractivity contribution in [2.24, 2.45) is 0 Å². The van der Waals surface area contributed by atoms with Gasteiger partial charge in [0.15, 0.2) is 0 Å². The molecule has 0 aliphatic carbocycles. The van der Waals surface area contributed by atoms with Crippen LogP contribution in [0, 0.1) is 13.8 Å². The molecular weight excluding hydrogens is 284 g/mol. The Hall–Kier alpha value is -1.85. The fraction of sp³-hybridized carbons (Fsp3) is 0.250. The van der Waals surface area contributed by atoms with Crippen LogP contribution in [0.15, 0.2) is 47.4 Å². The van der Waals surface area contributed by atoms with Gasteiger partial charge in [0.1, 0.15) is 0 Å². The van der Waals surface area contributed by atoms with E-state index < -0.39 is 10.0 Å². The van der Waals surface area contributed by atoms with Gasteiger partial charge in [-0.05, 0) is 49.7 Å². The zero-order valence-electron chi connectivity index (χ0n) is 12.5. The maximum atomic E-state index is 12.6. The Kier molecular flexibility index (Phi) is 4.65. The zero-order chi connectivity index (χ0) is 15.5. The molecule has 5 heteroatoms. The van der Waals surface area contributed by atoms with Gasteiger partial charge in [0.25, 0.3) is 10.0 Å². The number of aryl methyl sites for hydroxylation is 2. The lowest BCUT2D eigenvalue weighted by Gasteiger charge is -2.14. The van der Waals surface area contributed by atoms with Gasteiger partial charge in [-0.1, -0.05) is 30.3 Å². The second kappa shape index (κ2) is 6.28. The second-order valence-corrected chi connectivity index (χ2v) is 6.71. The minimum absolute atomic E-state index is 0.306. The van der Waals surface area contributed by atoms with E-state index in [4.69, 9.17) is 0 Å². The van der Waals surface area contributed by atoms with Gasteiger partial charge in [-0.25, -0.2) is 8.42 Å². The third kappa shape index (κ3) is 3.62. The van der Waals surface area contributed by atoms with Crippen molar-refractivity contribution in [3.8, 4) is 0 Å². The van der Waals surface area contributed by atoms with Crippen molar-refractivity contribution in [3.63, 3.8) is 0 Å². The van der Waals surface area contributed by atoms with Crippen LogP contribution in [0.25, 0.3) is 0 Å². The lowest BCUT2D eigenvalue weighted by Crippen LogP contribution is -2.17. The van der Waals surface area contributed by atoms with Crippen LogP contribution in [0.4, 0.5) is 5.69 Å². The summed E-state index contributed by atoms with van der Waals surface area (Å²) in [6.45, 7) is 4.33. The summed E-state index contributed by atoms with van der Waals surface area (Å²) in [4.78, 5) is 0.306. The number of hydrogen-bond donors (Lipinski definition) is 2. The van der Waals surface area contributed by atoms with E-state index in [0.717, 1.165) is 16.7 Å². The third-order valence-corrected chi connectivity index (χ3v) is 4.73. The van der Waals surface area contributed by atoms with E-state index in [0.29, 0.717) is 17.1 Å². The Balaban J connectivity index is 2.41. The first-order valence-electron chi connectivity index (χ1n) is 6.76. The molecule has 112 valence electrons. The van der Waals surface area contributed by atoms with Crippen LogP contribution in [0.3, 0.4) is 0 Å². The SMILES string of the molecule is CNCc1ccccc1S(=O)(=O)Nc1cc(C)ccc1C. The Morgan fingerprint density at radius 1 is 1.05 bits per heavy atom. The molecule has 0 atom stereocenters. The monoisotopic (exact) mass is 304 g/mol. The van der Waals surface area contributed by atoms with Gasteiger partial charge in [0.2, 0.25) is 0 Å². The molecule has 0 aliphatic rings. The Labute approximate surface area is 126 Å². The first kappa shape index (κ1) is 15.5. The summed E-state index contributed by atoms with van der Waals surface area (Å²) in [5.74, 6) is 0. The van der Waals surface area contributed by atoms with Crippen LogP contribution in [0.1, 0.15) is 16.7 Å². The summed E-state index contributed by atoms with van der Waals surface area (Å²) < 4.78 is 27.9. The van der Waals surface area contributed by atoms with E-state index in [-0.39, 0.29) is 0 Å². The van der Waals surface area contributed by atoms with Crippen molar-refractivity contribution in [1.29, 1.82) is 0 Å². The smallest absolute Gasteiger partial charge is 0.262 e. The van der Waals surface area contributed by atoms with Gasteiger partial charge in [-0.3, -0.25) is 4.72 Å². The minimum atomic E-state index is -3.60. The van der Waals surface area contributed by atoms with Gasteiger partial charge < -0.3 is 5.32 Å². The third-order valence-electron chi connectivity index (χ3n) is 3.27. The predicted octanol–water partition coefficient (Wildman–Crippen LogP) is 2.82. The number of anilines is 1. The van der Waals surface area contributed by atoms with E-state index in [1.54, 1.807) is 19.2 Å². The van der Waals surface area contributed by atoms with Crippen LogP contribution < -0.4 is 10.0 Å². The van der Waals surface area contributed by atoms with Crippen molar-refractivity contribution in [2.75, 3.05) is 11.8 Å². The van der Waals surface area contributed by atoms with E-state index in [9.17, 15) is 8.42 Å². The van der Waals surface area contributed by atoms with Gasteiger partial charge in [0, 0.05) is 6.54 Å². The number of sulfonamides is 1. The molecule has 0 amide bonds. The summed E-state index contributed by atoms with van der Waals surface area (Å²) in [5, 5.41) is 2.99. The molecule has 4 nitrogen and oxygen atoms in total. The maximum Gasteiger partial charge on any atom is 0.262 e. The van der Waals surface area contributed by atoms with E-state index in [1.165, 1.54) is 0 Å². The molecule has 0 heterocycles. The Bertz CT molecular complexity index is 740. The van der Waals surface area contributed by atoms with Crippen LogP contribution in [-0.4, -0.2) is 15.5 Å². The molecule has 0 aromatic heterocycles. The van der Waals surface area contributed by atoms with Gasteiger partial charge >= 0.3 is 0 Å². The van der Waals surface area contributed by atoms with Crippen molar-refractivity contribution >= 4 is 15.7 Å². The molecule has 2 aromatic rings. The van der Waals surface area contributed by atoms with Crippen LogP contribution in [0.5, 0.6) is 0 Å². The summed E-state index contributed by atoms with van der Waals surface area (Å²) in [7, 11) is -1.80. The first-order chi connectivity index (χ1) is 9.94. The summed E-state index contributed by atoms with van der Waals surface area (Å²) in [5.41, 5.74) is 3.28. The van der Waals surface area contributed by atoms with Crippen molar-refractivity contribution in [2.45, 2.75) is 25.3 Å². The lowest BCUT2D eigenvalue weighted by atomic mass is 10.1. The number of rotatable bonds is 5. The topological polar surface area (TPSA) is 58.2 Å². The number of hydrogen-bond acceptors (Lipinski definition) is 3. The van der Waals surface area contributed by atoms with Gasteiger partial charge in [-0.15, -0.1) is 0 Å². The highest BCUT2D eigenvalue weighted by atomic mass is 32.2. The molecule has 0 unspecified atom stereocenters. The molecular formula is C16H20N2O2S. The Morgan fingerprint density at radius 2 is 1.76 bits per heavy atom. The van der Waals surface area contributed by atoms with Crippen molar-refractivity contribution < 1.29 is 8.42 Å². The first-order valence-corrected chi connectivity index (χ1v) is 8.25. The van der Waals surface area contributed by atoms with E-state index in [2.05, 4.69) is 10.0 Å². The molecule has 0 saturated heterocycles. The molecule has 2 N–H and O–H groups in total. The predicted molar refractivity (Wildman–Crippen MR) is 85.9 cm³/mol. The molecule has 0 aliphatic heterocycles. The maximum absolute atomic E-state index is 12.6. The molecule has 0 bridgehead atoms. The highest BCUT2D eigenvalue weighted by Gasteiger charge is 2.18. The molecule has 0 radical (unpaired) electrons. The largest absolute Gasteiger partial charge is 0.316 e. The summed E-state index contributed by atoms with van der Waals surface area (Å²) in [6.07, 6.45) is 0. The standard InChI is InChI=1S/C16H20N2O2S/c1-12-8-9-13(2)15(10-12)18-21(19,20)16-7-5-4-6-14(16)11-17-3/h4-10,17-18H,11H2,1-3H3. The highest BCUT2D eigenvalue weighted by Crippen LogP contribution is 2.23. The average molecular weight is 304 g/mol. The molecule has 2 rings (SSSR count). The lowest BCUT2D eigenvalue weighted by molar-refractivity contribution is 0.599. The summed E-state index contributed by atoms with van der Waals surface area (Å²) >= 11 is 0. The average Bonchev–Trinajstić information content (AvgIpc) is 2.43. The normalized spacial score (nSPS) is 11.4. The van der Waals surface area contributed by atoms with Crippen molar-refractivity contribution in [1.82, 2.24) is 5.32 Å².